The first kappa shape index (κ1) is 7.24. The van der Waals surface area contributed by atoms with Gasteiger partial charge in [0.2, 0.25) is 6.33 Å². The number of rotatable bonds is 1. The van der Waals surface area contributed by atoms with E-state index in [0.29, 0.717) is 11.0 Å². The lowest BCUT2D eigenvalue weighted by atomic mass is 10.5. The van der Waals surface area contributed by atoms with Gasteiger partial charge >= 0.3 is 0 Å². The number of aromatic nitrogens is 4. The lowest BCUT2D eigenvalue weighted by molar-refractivity contribution is 0.843. The summed E-state index contributed by atoms with van der Waals surface area (Å²) in [6.07, 6.45) is 3.94. The van der Waals surface area contributed by atoms with Crippen molar-refractivity contribution in [1.82, 2.24) is 19.7 Å². The second-order valence-corrected chi connectivity index (χ2v) is 2.49. The minimum atomic E-state index is 0.433. The fourth-order valence-corrected chi connectivity index (χ4v) is 0.975. The Balaban J connectivity index is 2.48. The summed E-state index contributed by atoms with van der Waals surface area (Å²) in [6, 6.07) is 5.28. The zero-order valence-electron chi connectivity index (χ0n) is 5.98. The highest BCUT2D eigenvalue weighted by Gasteiger charge is 1.97. The molecule has 0 aliphatic rings. The molecule has 2 heterocycles. The van der Waals surface area contributed by atoms with Crippen molar-refractivity contribution >= 4 is 11.6 Å². The zero-order chi connectivity index (χ0) is 8.39. The van der Waals surface area contributed by atoms with Gasteiger partial charge in [-0.05, 0) is 12.1 Å². The Hall–Kier alpha value is -1.42. The van der Waals surface area contributed by atoms with Crippen LogP contribution in [0.2, 0.25) is 5.15 Å². The predicted molar refractivity (Wildman–Crippen MR) is 43.0 cm³/mol. The molecule has 0 atom stereocenters. The van der Waals surface area contributed by atoms with E-state index in [1.165, 1.54) is 11.0 Å². The summed E-state index contributed by atoms with van der Waals surface area (Å²) < 4.78 is 1.49. The standard InChI is InChI=1S/C7H4ClN4/c8-6-2-1-3-7(11-6)12-5-9-4-10-12/h1-3,5H. The van der Waals surface area contributed by atoms with Gasteiger partial charge in [-0.25, -0.2) is 14.6 Å². The van der Waals surface area contributed by atoms with E-state index in [-0.39, 0.29) is 0 Å². The van der Waals surface area contributed by atoms with Crippen molar-refractivity contribution in [3.8, 4) is 5.82 Å². The van der Waals surface area contributed by atoms with Gasteiger partial charge in [-0.3, -0.25) is 0 Å². The zero-order valence-corrected chi connectivity index (χ0v) is 6.73. The van der Waals surface area contributed by atoms with E-state index in [0.717, 1.165) is 0 Å². The molecule has 0 bridgehead atoms. The molecular weight excluding hydrogens is 176 g/mol. The average molecular weight is 180 g/mol. The molecule has 0 saturated carbocycles. The molecule has 0 N–H and O–H groups in total. The van der Waals surface area contributed by atoms with E-state index >= 15 is 0 Å². The third kappa shape index (κ3) is 1.29. The number of hydrogen-bond acceptors (Lipinski definition) is 3. The van der Waals surface area contributed by atoms with Crippen LogP contribution in [-0.2, 0) is 0 Å². The van der Waals surface area contributed by atoms with Crippen LogP contribution in [-0.4, -0.2) is 19.7 Å². The van der Waals surface area contributed by atoms with E-state index in [1.807, 2.05) is 0 Å². The highest BCUT2D eigenvalue weighted by atomic mass is 35.5. The number of nitrogens with zero attached hydrogens (tertiary/aromatic N) is 4. The first-order valence-corrected chi connectivity index (χ1v) is 3.65. The topological polar surface area (TPSA) is 43.6 Å². The van der Waals surface area contributed by atoms with Gasteiger partial charge in [0.1, 0.15) is 11.5 Å². The van der Waals surface area contributed by atoms with Gasteiger partial charge in [0.25, 0.3) is 0 Å². The van der Waals surface area contributed by atoms with Crippen LogP contribution in [0.15, 0.2) is 24.5 Å². The number of halogens is 1. The molecule has 0 amide bonds. The Morgan fingerprint density at radius 2 is 2.33 bits per heavy atom. The number of pyridine rings is 1. The molecule has 2 aromatic heterocycles. The minimum absolute atomic E-state index is 0.433. The second kappa shape index (κ2) is 2.91. The van der Waals surface area contributed by atoms with E-state index in [9.17, 15) is 0 Å². The molecule has 0 aliphatic carbocycles. The van der Waals surface area contributed by atoms with Gasteiger partial charge in [-0.15, -0.1) is 5.10 Å². The molecule has 0 aromatic carbocycles. The van der Waals surface area contributed by atoms with Gasteiger partial charge in [-0.1, -0.05) is 17.7 Å². The summed E-state index contributed by atoms with van der Waals surface area (Å²) in [6.45, 7) is 0. The van der Waals surface area contributed by atoms with Crippen molar-refractivity contribution in [3.05, 3.63) is 36.0 Å². The Labute approximate surface area is 73.8 Å². The van der Waals surface area contributed by atoms with Crippen LogP contribution in [0.4, 0.5) is 0 Å². The molecule has 1 radical (unpaired) electrons. The number of hydrogen-bond donors (Lipinski definition) is 0. The van der Waals surface area contributed by atoms with Crippen molar-refractivity contribution in [3.63, 3.8) is 0 Å². The van der Waals surface area contributed by atoms with E-state index < -0.39 is 0 Å². The van der Waals surface area contributed by atoms with Crippen molar-refractivity contribution in [1.29, 1.82) is 0 Å². The van der Waals surface area contributed by atoms with Crippen LogP contribution >= 0.6 is 11.6 Å². The fraction of sp³-hybridized carbons (Fsp3) is 0. The Morgan fingerprint density at radius 1 is 1.42 bits per heavy atom. The molecule has 2 aromatic rings. The molecule has 0 saturated heterocycles. The normalized spacial score (nSPS) is 10.1. The second-order valence-electron chi connectivity index (χ2n) is 2.11. The summed E-state index contributed by atoms with van der Waals surface area (Å²) in [7, 11) is 0. The summed E-state index contributed by atoms with van der Waals surface area (Å²) in [5.41, 5.74) is 0. The van der Waals surface area contributed by atoms with E-state index in [2.05, 4.69) is 21.4 Å². The van der Waals surface area contributed by atoms with Crippen LogP contribution in [0.25, 0.3) is 5.82 Å². The summed E-state index contributed by atoms with van der Waals surface area (Å²) in [5.74, 6) is 0.635. The third-order valence-corrected chi connectivity index (χ3v) is 1.52. The highest BCUT2D eigenvalue weighted by molar-refractivity contribution is 6.29. The largest absolute Gasteiger partial charge is 0.221 e. The molecule has 0 spiro atoms. The fourth-order valence-electron chi connectivity index (χ4n) is 0.816. The van der Waals surface area contributed by atoms with Crippen molar-refractivity contribution < 1.29 is 0 Å². The molecular formula is C7H4ClN4. The van der Waals surface area contributed by atoms with Crippen molar-refractivity contribution in [2.75, 3.05) is 0 Å². The first-order chi connectivity index (χ1) is 5.86. The van der Waals surface area contributed by atoms with E-state index in [4.69, 9.17) is 11.6 Å². The summed E-state index contributed by atoms with van der Waals surface area (Å²) in [5, 5.41) is 4.22. The lowest BCUT2D eigenvalue weighted by Crippen LogP contribution is -1.96. The molecule has 0 aliphatic heterocycles. The maximum atomic E-state index is 5.68. The third-order valence-electron chi connectivity index (χ3n) is 1.31. The van der Waals surface area contributed by atoms with Crippen LogP contribution in [0.1, 0.15) is 0 Å². The molecule has 0 unspecified atom stereocenters. The monoisotopic (exact) mass is 179 g/mol. The van der Waals surface area contributed by atoms with Crippen molar-refractivity contribution in [2.24, 2.45) is 0 Å². The predicted octanol–water partition coefficient (Wildman–Crippen LogP) is 1.12. The quantitative estimate of drug-likeness (QED) is 0.616. The Morgan fingerprint density at radius 3 is 3.00 bits per heavy atom. The maximum Gasteiger partial charge on any atom is 0.221 e. The highest BCUT2D eigenvalue weighted by Crippen LogP contribution is 2.07. The molecule has 2 rings (SSSR count). The van der Waals surface area contributed by atoms with Crippen LogP contribution in [0.3, 0.4) is 0 Å². The van der Waals surface area contributed by atoms with Crippen molar-refractivity contribution in [2.45, 2.75) is 0 Å². The Bertz CT molecular complexity index is 371. The summed E-state index contributed by atoms with van der Waals surface area (Å²) >= 11 is 5.68. The van der Waals surface area contributed by atoms with Gasteiger partial charge in [0.05, 0.1) is 0 Å². The van der Waals surface area contributed by atoms with Gasteiger partial charge in [0.15, 0.2) is 5.82 Å². The minimum Gasteiger partial charge on any atom is -0.217 e. The van der Waals surface area contributed by atoms with Crippen LogP contribution in [0, 0.1) is 6.33 Å². The molecule has 59 valence electrons. The molecule has 5 heteroatoms. The molecule has 0 fully saturated rings. The van der Waals surface area contributed by atoms with E-state index in [1.54, 1.807) is 18.2 Å². The molecule has 12 heavy (non-hydrogen) atoms. The van der Waals surface area contributed by atoms with Gasteiger partial charge < -0.3 is 0 Å². The van der Waals surface area contributed by atoms with Crippen LogP contribution < -0.4 is 0 Å². The maximum absolute atomic E-state index is 5.68. The smallest absolute Gasteiger partial charge is 0.217 e. The molecule has 4 nitrogen and oxygen atoms in total. The lowest BCUT2D eigenvalue weighted by Gasteiger charge is -1.97. The van der Waals surface area contributed by atoms with Crippen LogP contribution in [0.5, 0.6) is 0 Å². The summed E-state index contributed by atoms with van der Waals surface area (Å²) in [4.78, 5) is 7.69. The average Bonchev–Trinajstić information content (AvgIpc) is 2.56. The van der Waals surface area contributed by atoms with Gasteiger partial charge in [0, 0.05) is 0 Å². The van der Waals surface area contributed by atoms with Gasteiger partial charge in [-0.2, -0.15) is 0 Å². The first-order valence-electron chi connectivity index (χ1n) is 3.27. The SMILES string of the molecule is Clc1cccc(-n2cn[c]n2)n1. The Kier molecular flexibility index (Phi) is 1.75.